The Hall–Kier alpha value is -2.21. The number of amides is 2. The van der Waals surface area contributed by atoms with Gasteiger partial charge in [0, 0.05) is 18.9 Å². The van der Waals surface area contributed by atoms with Crippen molar-refractivity contribution in [1.29, 1.82) is 0 Å². The minimum atomic E-state index is -0.540. The Morgan fingerprint density at radius 3 is 2.70 bits per heavy atom. The van der Waals surface area contributed by atoms with Gasteiger partial charge in [-0.3, -0.25) is 14.6 Å². The van der Waals surface area contributed by atoms with Crippen molar-refractivity contribution in [3.8, 4) is 0 Å². The fourth-order valence-corrected chi connectivity index (χ4v) is 2.78. The van der Waals surface area contributed by atoms with E-state index in [4.69, 9.17) is 0 Å². The monoisotopic (exact) mass is 331 g/mol. The predicted molar refractivity (Wildman–Crippen MR) is 91.1 cm³/mol. The van der Waals surface area contributed by atoms with Crippen LogP contribution in [-0.2, 0) is 11.3 Å². The fraction of sp³-hybridized carbons (Fsp3) is 0.353. The Morgan fingerprint density at radius 2 is 2.09 bits per heavy atom. The van der Waals surface area contributed by atoms with Crippen molar-refractivity contribution < 1.29 is 9.59 Å². The number of rotatable bonds is 7. The summed E-state index contributed by atoms with van der Waals surface area (Å²) in [7, 11) is 0. The largest absolute Gasteiger partial charge is 0.350 e. The molecule has 2 rings (SSSR count). The number of hydrogen-bond acceptors (Lipinski definition) is 4. The summed E-state index contributed by atoms with van der Waals surface area (Å²) in [4.78, 5) is 29.2. The van der Waals surface area contributed by atoms with E-state index in [1.807, 2.05) is 37.4 Å². The second kappa shape index (κ2) is 8.43. The third kappa shape index (κ3) is 5.49. The van der Waals surface area contributed by atoms with Gasteiger partial charge in [-0.15, -0.1) is 11.3 Å². The zero-order chi connectivity index (χ0) is 16.7. The molecule has 2 heterocycles. The summed E-state index contributed by atoms with van der Waals surface area (Å²) < 4.78 is 0. The molecule has 2 amide bonds. The molecule has 0 unspecified atom stereocenters. The Morgan fingerprint density at radius 1 is 1.26 bits per heavy atom. The highest BCUT2D eigenvalue weighted by molar-refractivity contribution is 7.12. The van der Waals surface area contributed by atoms with Crippen LogP contribution in [0.4, 0.5) is 0 Å². The molecule has 0 radical (unpaired) electrons. The van der Waals surface area contributed by atoms with Gasteiger partial charge >= 0.3 is 0 Å². The average molecular weight is 331 g/mol. The highest BCUT2D eigenvalue weighted by Gasteiger charge is 2.22. The van der Waals surface area contributed by atoms with Crippen molar-refractivity contribution in [2.45, 2.75) is 32.9 Å². The predicted octanol–water partition coefficient (Wildman–Crippen LogP) is 2.60. The van der Waals surface area contributed by atoms with E-state index in [-0.39, 0.29) is 11.8 Å². The summed E-state index contributed by atoms with van der Waals surface area (Å²) in [6, 6.07) is 6.75. The van der Waals surface area contributed by atoms with Crippen LogP contribution in [-0.4, -0.2) is 22.8 Å². The van der Waals surface area contributed by atoms with Gasteiger partial charge in [-0.1, -0.05) is 26.0 Å². The molecule has 0 aromatic carbocycles. The quantitative estimate of drug-likeness (QED) is 0.819. The Bertz CT molecular complexity index is 627. The van der Waals surface area contributed by atoms with E-state index in [1.54, 1.807) is 18.5 Å². The van der Waals surface area contributed by atoms with Crippen LogP contribution >= 0.6 is 11.3 Å². The lowest BCUT2D eigenvalue weighted by Gasteiger charge is -2.20. The van der Waals surface area contributed by atoms with E-state index < -0.39 is 6.04 Å². The highest BCUT2D eigenvalue weighted by Crippen LogP contribution is 2.11. The van der Waals surface area contributed by atoms with Crippen LogP contribution in [0.1, 0.15) is 35.5 Å². The SMILES string of the molecule is CC(C)C[C@H](NC(=O)c1cccs1)C(=O)NCc1cccnc1. The van der Waals surface area contributed by atoms with E-state index in [2.05, 4.69) is 15.6 Å². The third-order valence-electron chi connectivity index (χ3n) is 3.26. The fourth-order valence-electron chi connectivity index (χ4n) is 2.16. The summed E-state index contributed by atoms with van der Waals surface area (Å²) in [6.45, 7) is 4.45. The van der Waals surface area contributed by atoms with Gasteiger partial charge < -0.3 is 10.6 Å². The van der Waals surface area contributed by atoms with Crippen molar-refractivity contribution in [2.75, 3.05) is 0 Å². The first-order valence-corrected chi connectivity index (χ1v) is 8.45. The number of thiophene rings is 1. The molecule has 0 saturated carbocycles. The first kappa shape index (κ1) is 17.1. The van der Waals surface area contributed by atoms with Gasteiger partial charge in [0.1, 0.15) is 6.04 Å². The molecule has 0 fully saturated rings. The minimum Gasteiger partial charge on any atom is -0.350 e. The molecule has 0 bridgehead atoms. The van der Waals surface area contributed by atoms with Crippen molar-refractivity contribution in [3.05, 3.63) is 52.5 Å². The lowest BCUT2D eigenvalue weighted by atomic mass is 10.0. The van der Waals surface area contributed by atoms with Crippen molar-refractivity contribution in [2.24, 2.45) is 5.92 Å². The molecular formula is C17H21N3O2S. The van der Waals surface area contributed by atoms with Crippen LogP contribution in [0.5, 0.6) is 0 Å². The Balaban J connectivity index is 1.96. The number of aromatic nitrogens is 1. The van der Waals surface area contributed by atoms with Gasteiger partial charge in [0.2, 0.25) is 5.91 Å². The van der Waals surface area contributed by atoms with E-state index >= 15 is 0 Å². The second-order valence-electron chi connectivity index (χ2n) is 5.71. The van der Waals surface area contributed by atoms with Crippen LogP contribution < -0.4 is 10.6 Å². The normalized spacial score (nSPS) is 12.0. The lowest BCUT2D eigenvalue weighted by molar-refractivity contribution is -0.123. The molecule has 6 heteroatoms. The summed E-state index contributed by atoms with van der Waals surface area (Å²) in [6.07, 6.45) is 3.99. The molecule has 0 saturated heterocycles. The smallest absolute Gasteiger partial charge is 0.261 e. The summed E-state index contributed by atoms with van der Waals surface area (Å²) in [5.74, 6) is -0.0811. The van der Waals surface area contributed by atoms with E-state index in [0.29, 0.717) is 23.8 Å². The topological polar surface area (TPSA) is 71.1 Å². The Labute approximate surface area is 140 Å². The number of nitrogens with one attached hydrogen (secondary N) is 2. The second-order valence-corrected chi connectivity index (χ2v) is 6.66. The number of pyridine rings is 1. The molecule has 2 aromatic rings. The molecule has 122 valence electrons. The van der Waals surface area contributed by atoms with E-state index in [1.165, 1.54) is 11.3 Å². The van der Waals surface area contributed by atoms with Crippen LogP contribution in [0.3, 0.4) is 0 Å². The van der Waals surface area contributed by atoms with Crippen molar-refractivity contribution >= 4 is 23.2 Å². The molecule has 2 aromatic heterocycles. The molecule has 0 aliphatic heterocycles. The summed E-state index contributed by atoms with van der Waals surface area (Å²) >= 11 is 1.36. The number of nitrogens with zero attached hydrogens (tertiary/aromatic N) is 1. The first-order valence-electron chi connectivity index (χ1n) is 7.57. The van der Waals surface area contributed by atoms with Gasteiger partial charge in [-0.25, -0.2) is 0 Å². The maximum absolute atomic E-state index is 12.4. The van der Waals surface area contributed by atoms with E-state index in [0.717, 1.165) is 5.56 Å². The average Bonchev–Trinajstić information content (AvgIpc) is 3.07. The van der Waals surface area contributed by atoms with Crippen LogP contribution in [0, 0.1) is 5.92 Å². The Kier molecular flexibility index (Phi) is 6.29. The van der Waals surface area contributed by atoms with Crippen molar-refractivity contribution in [3.63, 3.8) is 0 Å². The lowest BCUT2D eigenvalue weighted by Crippen LogP contribution is -2.47. The number of hydrogen-bond donors (Lipinski definition) is 2. The minimum absolute atomic E-state index is 0.174. The van der Waals surface area contributed by atoms with Gasteiger partial charge in [-0.2, -0.15) is 0 Å². The molecule has 2 N–H and O–H groups in total. The van der Waals surface area contributed by atoms with Crippen LogP contribution in [0.2, 0.25) is 0 Å². The maximum atomic E-state index is 12.4. The zero-order valence-corrected chi connectivity index (χ0v) is 14.1. The zero-order valence-electron chi connectivity index (χ0n) is 13.3. The molecular weight excluding hydrogens is 310 g/mol. The number of carbonyl (C=O) groups excluding carboxylic acids is 2. The summed E-state index contributed by atoms with van der Waals surface area (Å²) in [5, 5.41) is 7.54. The molecule has 0 aliphatic rings. The van der Waals surface area contributed by atoms with Gasteiger partial charge in [0.15, 0.2) is 0 Å². The third-order valence-corrected chi connectivity index (χ3v) is 4.13. The highest BCUT2D eigenvalue weighted by atomic mass is 32.1. The van der Waals surface area contributed by atoms with Crippen LogP contribution in [0.25, 0.3) is 0 Å². The first-order chi connectivity index (χ1) is 11.1. The molecule has 5 nitrogen and oxygen atoms in total. The number of carbonyl (C=O) groups is 2. The molecule has 0 spiro atoms. The van der Waals surface area contributed by atoms with Gasteiger partial charge in [0.25, 0.3) is 5.91 Å². The molecule has 1 atom stereocenters. The van der Waals surface area contributed by atoms with E-state index in [9.17, 15) is 9.59 Å². The summed E-state index contributed by atoms with van der Waals surface area (Å²) in [5.41, 5.74) is 0.925. The van der Waals surface area contributed by atoms with Gasteiger partial charge in [0.05, 0.1) is 4.88 Å². The van der Waals surface area contributed by atoms with Crippen molar-refractivity contribution in [1.82, 2.24) is 15.6 Å². The standard InChI is InChI=1S/C17H21N3O2S/c1-12(2)9-14(20-17(22)15-6-4-8-23-15)16(21)19-11-13-5-3-7-18-10-13/h3-8,10,12,14H,9,11H2,1-2H3,(H,19,21)(H,20,22)/t14-/m0/s1. The maximum Gasteiger partial charge on any atom is 0.261 e. The van der Waals surface area contributed by atoms with Crippen LogP contribution in [0.15, 0.2) is 42.0 Å². The molecule has 23 heavy (non-hydrogen) atoms. The van der Waals surface area contributed by atoms with Gasteiger partial charge in [-0.05, 0) is 35.4 Å². The molecule has 0 aliphatic carbocycles.